The molecule has 2 rings (SSSR count). The van der Waals surface area contributed by atoms with Gasteiger partial charge >= 0.3 is 6.18 Å². The standard InChI is InChI=1S/C12H14F3N3O/c1-2-6-19-9-5-3-4-8-10(9)17-11(16)18(8)7-12(13,14)15/h3-5H,2,6-7H2,1H3,(H2,16,17). The first-order chi connectivity index (χ1) is 8.92. The topological polar surface area (TPSA) is 53.1 Å². The first-order valence-corrected chi connectivity index (χ1v) is 5.86. The number of rotatable bonds is 4. The number of hydrogen-bond donors (Lipinski definition) is 1. The van der Waals surface area contributed by atoms with Crippen LogP contribution in [0.4, 0.5) is 19.1 Å². The normalized spacial score (nSPS) is 12.0. The van der Waals surface area contributed by atoms with Gasteiger partial charge in [0.15, 0.2) is 0 Å². The van der Waals surface area contributed by atoms with E-state index in [1.54, 1.807) is 18.2 Å². The van der Waals surface area contributed by atoms with Crippen LogP contribution >= 0.6 is 0 Å². The number of aromatic nitrogens is 2. The third kappa shape index (κ3) is 2.91. The third-order valence-electron chi connectivity index (χ3n) is 2.57. The molecule has 0 saturated carbocycles. The Morgan fingerprint density at radius 1 is 1.37 bits per heavy atom. The largest absolute Gasteiger partial charge is 0.491 e. The third-order valence-corrected chi connectivity index (χ3v) is 2.57. The predicted molar refractivity (Wildman–Crippen MR) is 66.0 cm³/mol. The Kier molecular flexibility index (Phi) is 3.55. The molecule has 2 N–H and O–H groups in total. The molecule has 0 unspecified atom stereocenters. The van der Waals surface area contributed by atoms with Gasteiger partial charge in [0.05, 0.1) is 12.1 Å². The van der Waals surface area contributed by atoms with Gasteiger partial charge < -0.3 is 15.0 Å². The van der Waals surface area contributed by atoms with Crippen molar-refractivity contribution < 1.29 is 17.9 Å². The zero-order chi connectivity index (χ0) is 14.0. The van der Waals surface area contributed by atoms with Crippen molar-refractivity contribution in [3.8, 4) is 5.75 Å². The maximum atomic E-state index is 12.5. The predicted octanol–water partition coefficient (Wildman–Crippen LogP) is 2.97. The second-order valence-corrected chi connectivity index (χ2v) is 4.14. The van der Waals surface area contributed by atoms with E-state index in [-0.39, 0.29) is 5.95 Å². The maximum absolute atomic E-state index is 12.5. The number of nitrogens with zero attached hydrogens (tertiary/aromatic N) is 2. The molecular formula is C12H14F3N3O. The summed E-state index contributed by atoms with van der Waals surface area (Å²) in [4.78, 5) is 3.97. The van der Waals surface area contributed by atoms with Crippen LogP contribution in [-0.2, 0) is 6.54 Å². The molecule has 19 heavy (non-hydrogen) atoms. The Morgan fingerprint density at radius 3 is 2.74 bits per heavy atom. The summed E-state index contributed by atoms with van der Waals surface area (Å²) in [5.41, 5.74) is 6.24. The smallest absolute Gasteiger partial charge is 0.406 e. The fourth-order valence-corrected chi connectivity index (χ4v) is 1.81. The highest BCUT2D eigenvalue weighted by atomic mass is 19.4. The Balaban J connectivity index is 2.46. The molecule has 1 heterocycles. The highest BCUT2D eigenvalue weighted by Gasteiger charge is 2.30. The maximum Gasteiger partial charge on any atom is 0.406 e. The minimum absolute atomic E-state index is 0.167. The molecule has 0 aliphatic carbocycles. The van der Waals surface area contributed by atoms with Crippen LogP contribution in [0.5, 0.6) is 5.75 Å². The number of anilines is 1. The first kappa shape index (κ1) is 13.5. The fourth-order valence-electron chi connectivity index (χ4n) is 1.81. The summed E-state index contributed by atoms with van der Waals surface area (Å²) < 4.78 is 43.9. The summed E-state index contributed by atoms with van der Waals surface area (Å²) in [5, 5.41) is 0. The van der Waals surface area contributed by atoms with Crippen LogP contribution in [0.2, 0.25) is 0 Å². The van der Waals surface area contributed by atoms with Crippen molar-refractivity contribution in [2.45, 2.75) is 26.1 Å². The summed E-state index contributed by atoms with van der Waals surface area (Å²) in [6.45, 7) is 1.26. The summed E-state index contributed by atoms with van der Waals surface area (Å²) in [7, 11) is 0. The second-order valence-electron chi connectivity index (χ2n) is 4.14. The van der Waals surface area contributed by atoms with Crippen LogP contribution in [0.1, 0.15) is 13.3 Å². The average molecular weight is 273 g/mol. The van der Waals surface area contributed by atoms with Gasteiger partial charge in [-0.05, 0) is 18.6 Å². The van der Waals surface area contributed by atoms with E-state index in [9.17, 15) is 13.2 Å². The lowest BCUT2D eigenvalue weighted by atomic mass is 10.3. The van der Waals surface area contributed by atoms with Crippen molar-refractivity contribution in [2.24, 2.45) is 0 Å². The van der Waals surface area contributed by atoms with E-state index >= 15 is 0 Å². The number of nitrogens with two attached hydrogens (primary N) is 1. The molecule has 104 valence electrons. The van der Waals surface area contributed by atoms with Crippen LogP contribution in [0.15, 0.2) is 18.2 Å². The molecule has 0 fully saturated rings. The average Bonchev–Trinajstić information content (AvgIpc) is 2.62. The highest BCUT2D eigenvalue weighted by molar-refractivity contribution is 5.84. The zero-order valence-electron chi connectivity index (χ0n) is 10.4. The van der Waals surface area contributed by atoms with Gasteiger partial charge in [-0.25, -0.2) is 4.98 Å². The number of ether oxygens (including phenoxy) is 1. The van der Waals surface area contributed by atoms with E-state index in [1.807, 2.05) is 6.92 Å². The number of fused-ring (bicyclic) bond motifs is 1. The van der Waals surface area contributed by atoms with Gasteiger partial charge in [0.2, 0.25) is 5.95 Å². The van der Waals surface area contributed by atoms with E-state index < -0.39 is 12.7 Å². The number of hydrogen-bond acceptors (Lipinski definition) is 3. The SMILES string of the molecule is CCCOc1cccc2c1nc(N)n2CC(F)(F)F. The number of halogens is 3. The summed E-state index contributed by atoms with van der Waals surface area (Å²) in [6, 6.07) is 4.84. The molecule has 2 aromatic rings. The number of nitrogen functional groups attached to an aromatic ring is 1. The zero-order valence-corrected chi connectivity index (χ0v) is 10.4. The molecule has 0 bridgehead atoms. The van der Waals surface area contributed by atoms with E-state index in [0.717, 1.165) is 11.0 Å². The molecule has 0 aliphatic rings. The van der Waals surface area contributed by atoms with Crippen LogP contribution in [-0.4, -0.2) is 22.3 Å². The number of imidazole rings is 1. The van der Waals surface area contributed by atoms with Crippen LogP contribution < -0.4 is 10.5 Å². The van der Waals surface area contributed by atoms with Gasteiger partial charge in [0.1, 0.15) is 17.8 Å². The number of para-hydroxylation sites is 1. The molecular weight excluding hydrogens is 259 g/mol. The monoisotopic (exact) mass is 273 g/mol. The van der Waals surface area contributed by atoms with Crippen molar-refractivity contribution >= 4 is 17.0 Å². The van der Waals surface area contributed by atoms with Gasteiger partial charge in [-0.15, -0.1) is 0 Å². The molecule has 7 heteroatoms. The lowest BCUT2D eigenvalue weighted by molar-refractivity contribution is -0.139. The molecule has 0 radical (unpaired) electrons. The van der Waals surface area contributed by atoms with Crippen molar-refractivity contribution in [1.29, 1.82) is 0 Å². The lowest BCUT2D eigenvalue weighted by Crippen LogP contribution is -2.19. The molecule has 4 nitrogen and oxygen atoms in total. The van der Waals surface area contributed by atoms with Crippen molar-refractivity contribution in [1.82, 2.24) is 9.55 Å². The van der Waals surface area contributed by atoms with E-state index in [2.05, 4.69) is 4.98 Å². The summed E-state index contributed by atoms with van der Waals surface area (Å²) in [5.74, 6) is 0.284. The van der Waals surface area contributed by atoms with Crippen molar-refractivity contribution in [2.75, 3.05) is 12.3 Å². The quantitative estimate of drug-likeness (QED) is 0.931. The Hall–Kier alpha value is -1.92. The molecule has 0 spiro atoms. The van der Waals surface area contributed by atoms with E-state index in [0.29, 0.717) is 23.4 Å². The molecule has 0 aliphatic heterocycles. The van der Waals surface area contributed by atoms with Gasteiger partial charge in [-0.3, -0.25) is 0 Å². The molecule has 1 aromatic heterocycles. The van der Waals surface area contributed by atoms with Gasteiger partial charge in [0.25, 0.3) is 0 Å². The lowest BCUT2D eigenvalue weighted by Gasteiger charge is -2.10. The summed E-state index contributed by atoms with van der Waals surface area (Å²) in [6.07, 6.45) is -3.54. The van der Waals surface area contributed by atoms with E-state index in [4.69, 9.17) is 10.5 Å². The van der Waals surface area contributed by atoms with Crippen LogP contribution in [0.3, 0.4) is 0 Å². The van der Waals surface area contributed by atoms with Crippen molar-refractivity contribution in [3.05, 3.63) is 18.2 Å². The first-order valence-electron chi connectivity index (χ1n) is 5.86. The van der Waals surface area contributed by atoms with Crippen LogP contribution in [0.25, 0.3) is 11.0 Å². The second kappa shape index (κ2) is 4.99. The fraction of sp³-hybridized carbons (Fsp3) is 0.417. The van der Waals surface area contributed by atoms with Gasteiger partial charge in [-0.2, -0.15) is 13.2 Å². The van der Waals surface area contributed by atoms with E-state index in [1.165, 1.54) is 0 Å². The highest BCUT2D eigenvalue weighted by Crippen LogP contribution is 2.29. The minimum atomic E-state index is -4.35. The summed E-state index contributed by atoms with van der Waals surface area (Å²) >= 11 is 0. The van der Waals surface area contributed by atoms with Gasteiger partial charge in [0, 0.05) is 0 Å². The Labute approximate surface area is 108 Å². The minimum Gasteiger partial charge on any atom is -0.491 e. The molecule has 1 aromatic carbocycles. The van der Waals surface area contributed by atoms with Crippen molar-refractivity contribution in [3.63, 3.8) is 0 Å². The Bertz CT molecular complexity index is 577. The molecule has 0 atom stereocenters. The number of alkyl halides is 3. The Morgan fingerprint density at radius 2 is 2.11 bits per heavy atom. The van der Waals surface area contributed by atoms with Gasteiger partial charge in [-0.1, -0.05) is 13.0 Å². The number of benzene rings is 1. The van der Waals surface area contributed by atoms with Crippen LogP contribution in [0, 0.1) is 0 Å². The molecule has 0 saturated heterocycles. The molecule has 0 amide bonds.